The molecule has 1 atom stereocenters. The molecule has 0 spiro atoms. The first-order chi connectivity index (χ1) is 12.9. The summed E-state index contributed by atoms with van der Waals surface area (Å²) in [4.78, 5) is 19.8. The minimum absolute atomic E-state index is 0.0238. The van der Waals surface area contributed by atoms with Crippen molar-refractivity contribution >= 4 is 17.7 Å². The van der Waals surface area contributed by atoms with Gasteiger partial charge in [-0.1, -0.05) is 52.7 Å². The molecule has 3 aromatic rings. The van der Waals surface area contributed by atoms with Crippen molar-refractivity contribution in [2.24, 2.45) is 0 Å². The van der Waals surface area contributed by atoms with Crippen molar-refractivity contribution in [1.29, 1.82) is 0 Å². The summed E-state index contributed by atoms with van der Waals surface area (Å²) >= 11 is 1.54. The molecule has 0 aliphatic heterocycles. The maximum absolute atomic E-state index is 12.6. The number of hydrogen-bond donors (Lipinski definition) is 0. The minimum Gasteiger partial charge on any atom is -0.337 e. The number of benzene rings is 2. The lowest BCUT2D eigenvalue weighted by molar-refractivity contribution is -0.129. The Morgan fingerprint density at radius 3 is 2.30 bits per heavy atom. The molecule has 2 aromatic carbocycles. The second-order valence-electron chi connectivity index (χ2n) is 6.65. The predicted octanol–water partition coefficient (Wildman–Crippen LogP) is 4.49. The fourth-order valence-corrected chi connectivity index (χ4v) is 3.58. The maximum atomic E-state index is 12.6. The molecule has 0 saturated heterocycles. The van der Waals surface area contributed by atoms with E-state index in [2.05, 4.69) is 10.1 Å². The Balaban J connectivity index is 1.60. The molecule has 0 bridgehead atoms. The van der Waals surface area contributed by atoms with Gasteiger partial charge in [0.25, 0.3) is 0 Å². The van der Waals surface area contributed by atoms with Crippen LogP contribution in [0.4, 0.5) is 0 Å². The lowest BCUT2D eigenvalue weighted by Gasteiger charge is -2.19. The Labute approximate surface area is 163 Å². The Bertz CT molecular complexity index is 904. The molecule has 0 radical (unpaired) electrons. The average molecular weight is 382 g/mol. The number of thioether (sulfide) groups is 1. The fraction of sp³-hybridized carbons (Fsp3) is 0.286. The Kier molecular flexibility index (Phi) is 5.96. The first kappa shape index (κ1) is 19.2. The van der Waals surface area contributed by atoms with Crippen molar-refractivity contribution in [1.82, 2.24) is 15.0 Å². The molecule has 5 nitrogen and oxygen atoms in total. The van der Waals surface area contributed by atoms with E-state index in [1.54, 1.807) is 23.7 Å². The van der Waals surface area contributed by atoms with Crippen LogP contribution < -0.4 is 0 Å². The number of hydrogen-bond acceptors (Lipinski definition) is 5. The zero-order valence-corrected chi connectivity index (χ0v) is 16.8. The van der Waals surface area contributed by atoms with E-state index in [9.17, 15) is 4.79 Å². The molecule has 27 heavy (non-hydrogen) atoms. The summed E-state index contributed by atoms with van der Waals surface area (Å²) in [5.41, 5.74) is 3.27. The molecule has 1 heterocycles. The van der Waals surface area contributed by atoms with Crippen molar-refractivity contribution in [3.8, 4) is 11.4 Å². The molecule has 1 amide bonds. The van der Waals surface area contributed by atoms with Crippen molar-refractivity contribution in [2.75, 3.05) is 7.05 Å². The second kappa shape index (κ2) is 8.39. The van der Waals surface area contributed by atoms with Crippen molar-refractivity contribution < 1.29 is 9.32 Å². The minimum atomic E-state index is -0.197. The summed E-state index contributed by atoms with van der Waals surface area (Å²) in [5, 5.41) is 3.82. The van der Waals surface area contributed by atoms with Crippen LogP contribution in [-0.2, 0) is 11.3 Å². The summed E-state index contributed by atoms with van der Waals surface area (Å²) in [6.07, 6.45) is 0. The molecule has 0 aliphatic carbocycles. The van der Waals surface area contributed by atoms with Crippen LogP contribution in [-0.4, -0.2) is 33.2 Å². The van der Waals surface area contributed by atoms with Gasteiger partial charge in [0.15, 0.2) is 0 Å². The number of nitrogens with zero attached hydrogens (tertiary/aromatic N) is 3. The van der Waals surface area contributed by atoms with Gasteiger partial charge in [0.1, 0.15) is 0 Å². The van der Waals surface area contributed by atoms with E-state index in [-0.39, 0.29) is 17.7 Å². The van der Waals surface area contributed by atoms with Crippen LogP contribution in [0.2, 0.25) is 0 Å². The summed E-state index contributed by atoms with van der Waals surface area (Å²) in [7, 11) is 1.75. The van der Waals surface area contributed by atoms with Crippen LogP contribution in [0.1, 0.15) is 23.9 Å². The van der Waals surface area contributed by atoms with Crippen molar-refractivity contribution in [3.63, 3.8) is 0 Å². The molecule has 1 aromatic heterocycles. The van der Waals surface area contributed by atoms with Gasteiger partial charge in [-0.25, -0.2) is 0 Å². The molecule has 6 heteroatoms. The maximum Gasteiger partial charge on any atom is 0.246 e. The third kappa shape index (κ3) is 4.98. The third-order valence-corrected chi connectivity index (χ3v) is 5.31. The van der Waals surface area contributed by atoms with Crippen LogP contribution in [0.25, 0.3) is 11.4 Å². The summed E-state index contributed by atoms with van der Waals surface area (Å²) in [6, 6.07) is 16.1. The summed E-state index contributed by atoms with van der Waals surface area (Å²) in [5.74, 6) is 0.984. The molecule has 1 unspecified atom stereocenters. The fourth-order valence-electron chi connectivity index (χ4n) is 2.60. The topological polar surface area (TPSA) is 59.2 Å². The van der Waals surface area contributed by atoms with Crippen LogP contribution in [0.5, 0.6) is 0 Å². The number of aryl methyl sites for hydroxylation is 2. The van der Waals surface area contributed by atoms with Gasteiger partial charge >= 0.3 is 0 Å². The largest absolute Gasteiger partial charge is 0.337 e. The number of aromatic nitrogens is 2. The molecule has 140 valence electrons. The Morgan fingerprint density at radius 1 is 1.07 bits per heavy atom. The SMILES string of the molecule is Cc1ccc(SC(C)C(=O)N(C)Cc2nc(-c3ccc(C)cc3)no2)cc1. The molecule has 0 N–H and O–H groups in total. The van der Waals surface area contributed by atoms with Gasteiger partial charge in [-0.3, -0.25) is 4.79 Å². The molecule has 0 fully saturated rings. The van der Waals surface area contributed by atoms with Crippen LogP contribution in [0.15, 0.2) is 57.9 Å². The molecule has 0 aliphatic rings. The van der Waals surface area contributed by atoms with Crippen molar-refractivity contribution in [2.45, 2.75) is 37.5 Å². The van der Waals surface area contributed by atoms with E-state index in [1.807, 2.05) is 69.3 Å². The summed E-state index contributed by atoms with van der Waals surface area (Å²) < 4.78 is 5.32. The van der Waals surface area contributed by atoms with E-state index < -0.39 is 0 Å². The van der Waals surface area contributed by atoms with Gasteiger partial charge in [-0.2, -0.15) is 4.98 Å². The van der Waals surface area contributed by atoms with E-state index in [1.165, 1.54) is 11.1 Å². The molecule has 3 rings (SSSR count). The zero-order valence-electron chi connectivity index (χ0n) is 16.0. The Morgan fingerprint density at radius 2 is 1.67 bits per heavy atom. The second-order valence-corrected chi connectivity index (χ2v) is 8.06. The highest BCUT2D eigenvalue weighted by Crippen LogP contribution is 2.25. The van der Waals surface area contributed by atoms with E-state index in [0.717, 1.165) is 10.5 Å². The predicted molar refractivity (Wildman–Crippen MR) is 107 cm³/mol. The first-order valence-electron chi connectivity index (χ1n) is 8.80. The summed E-state index contributed by atoms with van der Waals surface area (Å²) in [6.45, 7) is 6.28. The van der Waals surface area contributed by atoms with Crippen LogP contribution in [0, 0.1) is 13.8 Å². The number of rotatable bonds is 6. The highest BCUT2D eigenvalue weighted by Gasteiger charge is 2.21. The van der Waals surface area contributed by atoms with Gasteiger partial charge in [-0.15, -0.1) is 11.8 Å². The lowest BCUT2D eigenvalue weighted by Crippen LogP contribution is -2.32. The van der Waals surface area contributed by atoms with Crippen LogP contribution >= 0.6 is 11.8 Å². The molecular formula is C21H23N3O2S. The molecule has 0 saturated carbocycles. The monoisotopic (exact) mass is 381 g/mol. The Hall–Kier alpha value is -2.60. The van der Waals surface area contributed by atoms with Gasteiger partial charge in [0.05, 0.1) is 11.8 Å². The third-order valence-electron chi connectivity index (χ3n) is 4.21. The average Bonchev–Trinajstić information content (AvgIpc) is 3.12. The van der Waals surface area contributed by atoms with Crippen LogP contribution in [0.3, 0.4) is 0 Å². The standard InChI is InChI=1S/C21H23N3O2S/c1-14-5-9-17(10-6-14)20-22-19(26-23-20)13-24(4)21(25)16(3)27-18-11-7-15(2)8-12-18/h5-12,16H,13H2,1-4H3. The van der Waals surface area contributed by atoms with E-state index in [0.29, 0.717) is 11.7 Å². The van der Waals surface area contributed by atoms with Gasteiger partial charge in [0, 0.05) is 17.5 Å². The number of carbonyl (C=O) groups excluding carboxylic acids is 1. The molecular weight excluding hydrogens is 358 g/mol. The van der Waals surface area contributed by atoms with Gasteiger partial charge in [0.2, 0.25) is 17.6 Å². The van der Waals surface area contributed by atoms with E-state index >= 15 is 0 Å². The quantitative estimate of drug-likeness (QED) is 0.589. The van der Waals surface area contributed by atoms with Gasteiger partial charge in [-0.05, 0) is 32.9 Å². The van der Waals surface area contributed by atoms with Crippen molar-refractivity contribution in [3.05, 3.63) is 65.5 Å². The lowest BCUT2D eigenvalue weighted by atomic mass is 10.1. The number of amides is 1. The highest BCUT2D eigenvalue weighted by molar-refractivity contribution is 8.00. The normalized spacial score (nSPS) is 12.0. The smallest absolute Gasteiger partial charge is 0.246 e. The highest BCUT2D eigenvalue weighted by atomic mass is 32.2. The van der Waals surface area contributed by atoms with E-state index in [4.69, 9.17) is 4.52 Å². The first-order valence-corrected chi connectivity index (χ1v) is 9.68. The zero-order chi connectivity index (χ0) is 19.4. The number of carbonyl (C=O) groups is 1. The van der Waals surface area contributed by atoms with Gasteiger partial charge < -0.3 is 9.42 Å².